The van der Waals surface area contributed by atoms with E-state index in [1.54, 1.807) is 11.3 Å². The maximum atomic E-state index is 10.8. The van der Waals surface area contributed by atoms with Crippen LogP contribution in [0.5, 0.6) is 0 Å². The standard InChI is InChI=1S/C16H13NO2S/c18-16(19)6-5-11-9-15(12-7-8-20-10-12)17-14-4-2-1-3-13(11)14/h1-4,7-10H,5-6H2,(H,18,19). The Labute approximate surface area is 120 Å². The van der Waals surface area contributed by atoms with Crippen LogP contribution in [0.2, 0.25) is 0 Å². The van der Waals surface area contributed by atoms with Crippen molar-refractivity contribution < 1.29 is 9.90 Å². The van der Waals surface area contributed by atoms with Crippen LogP contribution in [0.15, 0.2) is 47.2 Å². The molecule has 2 heterocycles. The highest BCUT2D eigenvalue weighted by Gasteiger charge is 2.09. The molecule has 2 aromatic heterocycles. The minimum absolute atomic E-state index is 0.136. The highest BCUT2D eigenvalue weighted by molar-refractivity contribution is 7.08. The molecule has 0 saturated carbocycles. The number of carboxylic acid groups (broad SMARTS) is 1. The second-order valence-electron chi connectivity index (χ2n) is 4.59. The van der Waals surface area contributed by atoms with Gasteiger partial charge in [0.15, 0.2) is 0 Å². The number of carbonyl (C=O) groups is 1. The summed E-state index contributed by atoms with van der Waals surface area (Å²) in [7, 11) is 0. The third-order valence-corrected chi connectivity index (χ3v) is 3.91. The van der Waals surface area contributed by atoms with E-state index in [0.717, 1.165) is 27.7 Å². The number of nitrogens with zero attached hydrogens (tertiary/aromatic N) is 1. The predicted molar refractivity (Wildman–Crippen MR) is 81.0 cm³/mol. The fraction of sp³-hybridized carbons (Fsp3) is 0.125. The minimum atomic E-state index is -0.775. The molecular weight excluding hydrogens is 270 g/mol. The molecule has 100 valence electrons. The largest absolute Gasteiger partial charge is 0.481 e. The number of carboxylic acids is 1. The van der Waals surface area contributed by atoms with Crippen LogP contribution in [0.3, 0.4) is 0 Å². The SMILES string of the molecule is O=C(O)CCc1cc(-c2ccsc2)nc2ccccc12. The number of aryl methyl sites for hydroxylation is 1. The minimum Gasteiger partial charge on any atom is -0.481 e. The Morgan fingerprint density at radius 3 is 2.85 bits per heavy atom. The maximum Gasteiger partial charge on any atom is 0.303 e. The molecule has 0 radical (unpaired) electrons. The summed E-state index contributed by atoms with van der Waals surface area (Å²) in [4.78, 5) is 15.5. The molecular formula is C16H13NO2S. The van der Waals surface area contributed by atoms with Crippen LogP contribution in [0, 0.1) is 0 Å². The zero-order chi connectivity index (χ0) is 13.9. The average Bonchev–Trinajstić information content (AvgIpc) is 2.98. The molecule has 0 unspecified atom stereocenters. The normalized spacial score (nSPS) is 10.8. The van der Waals surface area contributed by atoms with Gasteiger partial charge in [-0.3, -0.25) is 4.79 Å². The van der Waals surface area contributed by atoms with Crippen molar-refractivity contribution in [2.75, 3.05) is 0 Å². The summed E-state index contributed by atoms with van der Waals surface area (Å²) < 4.78 is 0. The number of aromatic nitrogens is 1. The van der Waals surface area contributed by atoms with E-state index in [9.17, 15) is 4.79 Å². The highest BCUT2D eigenvalue weighted by atomic mass is 32.1. The Balaban J connectivity index is 2.12. The second-order valence-corrected chi connectivity index (χ2v) is 5.37. The first-order valence-electron chi connectivity index (χ1n) is 6.37. The first kappa shape index (κ1) is 12.8. The van der Waals surface area contributed by atoms with Gasteiger partial charge in [-0.2, -0.15) is 11.3 Å². The second kappa shape index (κ2) is 5.43. The van der Waals surface area contributed by atoms with Crippen LogP contribution in [0.1, 0.15) is 12.0 Å². The van der Waals surface area contributed by atoms with Crippen molar-refractivity contribution in [1.29, 1.82) is 0 Å². The highest BCUT2D eigenvalue weighted by Crippen LogP contribution is 2.26. The van der Waals surface area contributed by atoms with Gasteiger partial charge in [-0.25, -0.2) is 4.98 Å². The topological polar surface area (TPSA) is 50.2 Å². The lowest BCUT2D eigenvalue weighted by atomic mass is 10.0. The summed E-state index contributed by atoms with van der Waals surface area (Å²) in [5, 5.41) is 14.0. The first-order chi connectivity index (χ1) is 9.74. The third-order valence-electron chi connectivity index (χ3n) is 3.23. The van der Waals surface area contributed by atoms with E-state index in [0.29, 0.717) is 6.42 Å². The van der Waals surface area contributed by atoms with Crippen molar-refractivity contribution in [3.63, 3.8) is 0 Å². The number of thiophene rings is 1. The zero-order valence-electron chi connectivity index (χ0n) is 10.7. The van der Waals surface area contributed by atoms with Crippen LogP contribution in [0.4, 0.5) is 0 Å². The summed E-state index contributed by atoms with van der Waals surface area (Å²) in [6.45, 7) is 0. The number of fused-ring (bicyclic) bond motifs is 1. The molecule has 1 N–H and O–H groups in total. The van der Waals surface area contributed by atoms with Gasteiger partial charge < -0.3 is 5.11 Å². The van der Waals surface area contributed by atoms with E-state index in [1.807, 2.05) is 41.8 Å². The van der Waals surface area contributed by atoms with Crippen molar-refractivity contribution in [3.8, 4) is 11.3 Å². The van der Waals surface area contributed by atoms with Gasteiger partial charge in [0, 0.05) is 22.8 Å². The molecule has 3 nitrogen and oxygen atoms in total. The summed E-state index contributed by atoms with van der Waals surface area (Å²) in [6, 6.07) is 11.9. The average molecular weight is 283 g/mol. The van der Waals surface area contributed by atoms with Gasteiger partial charge in [0.2, 0.25) is 0 Å². The zero-order valence-corrected chi connectivity index (χ0v) is 11.6. The predicted octanol–water partition coefficient (Wildman–Crippen LogP) is 3.98. The smallest absolute Gasteiger partial charge is 0.303 e. The molecule has 0 atom stereocenters. The van der Waals surface area contributed by atoms with Crippen molar-refractivity contribution >= 4 is 28.2 Å². The molecule has 3 aromatic rings. The Kier molecular flexibility index (Phi) is 3.48. The van der Waals surface area contributed by atoms with Crippen molar-refractivity contribution in [2.24, 2.45) is 0 Å². The summed E-state index contributed by atoms with van der Waals surface area (Å²) >= 11 is 1.63. The fourth-order valence-corrected chi connectivity index (χ4v) is 2.90. The number of aliphatic carboxylic acids is 1. The lowest BCUT2D eigenvalue weighted by Gasteiger charge is -2.08. The summed E-state index contributed by atoms with van der Waals surface area (Å²) in [5.74, 6) is -0.775. The van der Waals surface area contributed by atoms with Crippen molar-refractivity contribution in [1.82, 2.24) is 4.98 Å². The lowest BCUT2D eigenvalue weighted by Crippen LogP contribution is -1.99. The number of pyridine rings is 1. The number of para-hydroxylation sites is 1. The Morgan fingerprint density at radius 2 is 2.10 bits per heavy atom. The van der Waals surface area contributed by atoms with Crippen LogP contribution in [0.25, 0.3) is 22.2 Å². The number of rotatable bonds is 4. The molecule has 0 spiro atoms. The number of hydrogen-bond donors (Lipinski definition) is 1. The van der Waals surface area contributed by atoms with E-state index < -0.39 is 5.97 Å². The van der Waals surface area contributed by atoms with Gasteiger partial charge in [-0.15, -0.1) is 0 Å². The van der Waals surface area contributed by atoms with Crippen LogP contribution >= 0.6 is 11.3 Å². The van der Waals surface area contributed by atoms with E-state index in [1.165, 1.54) is 0 Å². The molecule has 3 rings (SSSR count). The molecule has 0 aliphatic rings. The van der Waals surface area contributed by atoms with Gasteiger partial charge in [-0.1, -0.05) is 18.2 Å². The Bertz CT molecular complexity index is 750. The van der Waals surface area contributed by atoms with Gasteiger partial charge >= 0.3 is 5.97 Å². The van der Waals surface area contributed by atoms with E-state index in [-0.39, 0.29) is 6.42 Å². The monoisotopic (exact) mass is 283 g/mol. The fourth-order valence-electron chi connectivity index (χ4n) is 2.25. The van der Waals surface area contributed by atoms with Gasteiger partial charge in [0.05, 0.1) is 11.2 Å². The van der Waals surface area contributed by atoms with Crippen molar-refractivity contribution in [3.05, 3.63) is 52.7 Å². The molecule has 1 aromatic carbocycles. The van der Waals surface area contributed by atoms with E-state index in [4.69, 9.17) is 5.11 Å². The van der Waals surface area contributed by atoms with Crippen LogP contribution in [-0.2, 0) is 11.2 Å². The van der Waals surface area contributed by atoms with Crippen LogP contribution in [-0.4, -0.2) is 16.1 Å². The molecule has 20 heavy (non-hydrogen) atoms. The molecule has 4 heteroatoms. The van der Waals surface area contributed by atoms with E-state index >= 15 is 0 Å². The number of benzene rings is 1. The molecule has 0 saturated heterocycles. The van der Waals surface area contributed by atoms with Crippen molar-refractivity contribution in [2.45, 2.75) is 12.8 Å². The van der Waals surface area contributed by atoms with E-state index in [2.05, 4.69) is 10.4 Å². The molecule has 0 fully saturated rings. The summed E-state index contributed by atoms with van der Waals surface area (Å²) in [5.41, 5.74) is 3.94. The molecule has 0 aliphatic heterocycles. The lowest BCUT2D eigenvalue weighted by molar-refractivity contribution is -0.136. The Hall–Kier alpha value is -2.20. The summed E-state index contributed by atoms with van der Waals surface area (Å²) in [6.07, 6.45) is 0.659. The van der Waals surface area contributed by atoms with Crippen LogP contribution < -0.4 is 0 Å². The first-order valence-corrected chi connectivity index (χ1v) is 7.31. The maximum absolute atomic E-state index is 10.8. The van der Waals surface area contributed by atoms with Gasteiger partial charge in [0.25, 0.3) is 0 Å². The Morgan fingerprint density at radius 1 is 1.25 bits per heavy atom. The molecule has 0 amide bonds. The van der Waals surface area contributed by atoms with Gasteiger partial charge in [-0.05, 0) is 35.6 Å². The number of hydrogen-bond acceptors (Lipinski definition) is 3. The van der Waals surface area contributed by atoms with Gasteiger partial charge in [0.1, 0.15) is 0 Å². The third kappa shape index (κ3) is 2.56. The quantitative estimate of drug-likeness (QED) is 0.788. The molecule has 0 aliphatic carbocycles. The molecule has 0 bridgehead atoms.